The van der Waals surface area contributed by atoms with E-state index in [-0.39, 0.29) is 29.5 Å². The van der Waals surface area contributed by atoms with Crippen molar-refractivity contribution in [2.24, 2.45) is 11.8 Å². The average molecular weight is 446 g/mol. The number of amides is 1. The number of hydrogen-bond acceptors (Lipinski definition) is 5. The summed E-state index contributed by atoms with van der Waals surface area (Å²) in [5, 5.41) is 13.1. The third kappa shape index (κ3) is 3.40. The van der Waals surface area contributed by atoms with Crippen LogP contribution in [0.3, 0.4) is 0 Å². The van der Waals surface area contributed by atoms with Crippen LogP contribution in [0, 0.1) is 18.8 Å². The Morgan fingerprint density at radius 1 is 1.19 bits per heavy atom. The molecule has 2 aromatic rings. The summed E-state index contributed by atoms with van der Waals surface area (Å²) in [5.74, 6) is -1.72. The minimum atomic E-state index is -3.99. The highest BCUT2D eigenvalue weighted by atomic mass is 32.2. The average Bonchev–Trinajstić information content (AvgIpc) is 3.00. The predicted molar refractivity (Wildman–Crippen MR) is 115 cm³/mol. The number of aliphatic hydroxyl groups is 1. The van der Waals surface area contributed by atoms with Gasteiger partial charge < -0.3 is 15.0 Å². The number of aromatic nitrogens is 1. The highest BCUT2D eigenvalue weighted by Crippen LogP contribution is 2.50. The van der Waals surface area contributed by atoms with Crippen LogP contribution in [-0.4, -0.2) is 47.5 Å². The number of fused-ring (bicyclic) bond motifs is 4. The van der Waals surface area contributed by atoms with Gasteiger partial charge in [-0.3, -0.25) is 9.59 Å². The molecule has 0 unspecified atom stereocenters. The van der Waals surface area contributed by atoms with Gasteiger partial charge in [0.1, 0.15) is 0 Å². The highest BCUT2D eigenvalue weighted by Gasteiger charge is 2.59. The Bertz CT molecular complexity index is 1160. The normalized spacial score (nSPS) is 25.3. The maximum atomic E-state index is 13.8. The lowest BCUT2D eigenvalue weighted by Crippen LogP contribution is -2.49. The van der Waals surface area contributed by atoms with Gasteiger partial charge in [-0.15, -0.1) is 0 Å². The molecule has 0 saturated carbocycles. The summed E-state index contributed by atoms with van der Waals surface area (Å²) in [6.45, 7) is 3.86. The lowest BCUT2D eigenvalue weighted by atomic mass is 9.86. The zero-order chi connectivity index (χ0) is 22.3. The van der Waals surface area contributed by atoms with Gasteiger partial charge in [0.25, 0.3) is 5.56 Å². The molecule has 1 saturated heterocycles. The molecule has 0 spiro atoms. The molecule has 4 atom stereocenters. The van der Waals surface area contributed by atoms with Gasteiger partial charge in [0, 0.05) is 43.4 Å². The molecule has 0 radical (unpaired) electrons. The van der Waals surface area contributed by atoms with Crippen molar-refractivity contribution in [3.8, 4) is 0 Å². The van der Waals surface area contributed by atoms with Crippen molar-refractivity contribution in [3.05, 3.63) is 64.1 Å². The van der Waals surface area contributed by atoms with E-state index in [0.29, 0.717) is 17.8 Å². The van der Waals surface area contributed by atoms with Crippen LogP contribution >= 0.6 is 0 Å². The van der Waals surface area contributed by atoms with Crippen LogP contribution < -0.4 is 10.9 Å². The molecule has 8 nitrogen and oxygen atoms in total. The van der Waals surface area contributed by atoms with Crippen molar-refractivity contribution in [1.82, 2.24) is 14.2 Å². The highest BCUT2D eigenvalue weighted by molar-refractivity contribution is 7.89. The van der Waals surface area contributed by atoms with Crippen molar-refractivity contribution in [2.45, 2.75) is 43.8 Å². The van der Waals surface area contributed by atoms with E-state index in [2.05, 4.69) is 5.32 Å². The Hall–Kier alpha value is -2.49. The molecule has 31 heavy (non-hydrogen) atoms. The van der Waals surface area contributed by atoms with Crippen molar-refractivity contribution in [2.75, 3.05) is 13.2 Å². The number of nitrogens with zero attached hydrogens (tertiary/aromatic N) is 2. The van der Waals surface area contributed by atoms with Gasteiger partial charge in [0.05, 0.1) is 16.9 Å². The molecule has 1 fully saturated rings. The summed E-state index contributed by atoms with van der Waals surface area (Å²) in [7, 11) is -3.99. The molecule has 166 valence electrons. The van der Waals surface area contributed by atoms with Crippen LogP contribution in [0.5, 0.6) is 0 Å². The number of pyridine rings is 1. The number of nitrogens with one attached hydrogen (secondary N) is 1. The first-order chi connectivity index (χ1) is 14.8. The second-order valence-electron chi connectivity index (χ2n) is 8.18. The fourth-order valence-corrected chi connectivity index (χ4v) is 7.03. The van der Waals surface area contributed by atoms with Crippen LogP contribution in [-0.2, 0) is 21.4 Å². The summed E-state index contributed by atoms with van der Waals surface area (Å²) >= 11 is 0. The van der Waals surface area contributed by atoms with Gasteiger partial charge in [-0.25, -0.2) is 8.42 Å². The zero-order valence-corrected chi connectivity index (χ0v) is 18.4. The number of aryl methyl sites for hydroxylation is 1. The molecule has 2 aliphatic rings. The standard InChI is InChI=1S/C22H27N3O5S/c1-3-11-23-22(28)20-15(13-26)17-12-24-16(8-6-10-19(24)27)21(20)25(17)31(29,30)18-9-5-4-7-14(18)2/h4-10,15,17,20-21,26H,3,11-13H2,1-2H3,(H,23,28)/t15-,17-,20+,21+/m0/s1. The van der Waals surface area contributed by atoms with Gasteiger partial charge in [0.15, 0.2) is 0 Å². The van der Waals surface area contributed by atoms with Crippen molar-refractivity contribution in [1.29, 1.82) is 0 Å². The Morgan fingerprint density at radius 3 is 2.61 bits per heavy atom. The molecule has 1 aromatic carbocycles. The smallest absolute Gasteiger partial charge is 0.250 e. The fraction of sp³-hybridized carbons (Fsp3) is 0.455. The summed E-state index contributed by atoms with van der Waals surface area (Å²) in [5.41, 5.74) is 0.839. The Morgan fingerprint density at radius 2 is 1.94 bits per heavy atom. The van der Waals surface area contributed by atoms with E-state index < -0.39 is 33.9 Å². The topological polar surface area (TPSA) is 109 Å². The van der Waals surface area contributed by atoms with Crippen LogP contribution in [0.15, 0.2) is 52.2 Å². The first-order valence-corrected chi connectivity index (χ1v) is 11.9. The SMILES string of the molecule is CCCNC(=O)[C@@H]1[C@@H](CO)[C@@H]2Cn3c(cccc3=O)[C@H]1N2S(=O)(=O)c1ccccc1C. The van der Waals surface area contributed by atoms with Gasteiger partial charge >= 0.3 is 0 Å². The van der Waals surface area contributed by atoms with E-state index in [4.69, 9.17) is 0 Å². The summed E-state index contributed by atoms with van der Waals surface area (Å²) in [6.07, 6.45) is 0.734. The largest absolute Gasteiger partial charge is 0.396 e. The minimum Gasteiger partial charge on any atom is -0.396 e. The molecule has 0 aliphatic carbocycles. The number of hydrogen-bond donors (Lipinski definition) is 2. The number of aliphatic hydroxyl groups excluding tert-OH is 1. The predicted octanol–water partition coefficient (Wildman–Crippen LogP) is 1.04. The number of carbonyl (C=O) groups is 1. The van der Waals surface area contributed by atoms with Crippen LogP contribution in [0.25, 0.3) is 0 Å². The number of rotatable bonds is 6. The number of carbonyl (C=O) groups excluding carboxylic acids is 1. The van der Waals surface area contributed by atoms with E-state index in [9.17, 15) is 23.1 Å². The first-order valence-electron chi connectivity index (χ1n) is 10.5. The Balaban J connectivity index is 1.91. The maximum Gasteiger partial charge on any atom is 0.250 e. The Kier molecular flexibility index (Phi) is 5.76. The van der Waals surface area contributed by atoms with Gasteiger partial charge in [-0.2, -0.15) is 4.31 Å². The molecule has 1 amide bonds. The third-order valence-electron chi connectivity index (χ3n) is 6.36. The van der Waals surface area contributed by atoms with E-state index in [1.807, 2.05) is 6.92 Å². The summed E-state index contributed by atoms with van der Waals surface area (Å²) in [6, 6.07) is 9.85. The zero-order valence-electron chi connectivity index (χ0n) is 17.6. The molecule has 4 rings (SSSR count). The van der Waals surface area contributed by atoms with Crippen molar-refractivity contribution in [3.63, 3.8) is 0 Å². The molecular formula is C22H27N3O5S. The Labute approximate surface area is 181 Å². The summed E-state index contributed by atoms with van der Waals surface area (Å²) < 4.78 is 30.6. The lowest BCUT2D eigenvalue weighted by Gasteiger charge is -2.37. The quantitative estimate of drug-likeness (QED) is 0.691. The van der Waals surface area contributed by atoms with Crippen molar-refractivity contribution >= 4 is 15.9 Å². The van der Waals surface area contributed by atoms with E-state index in [1.165, 1.54) is 14.9 Å². The van der Waals surface area contributed by atoms with E-state index in [0.717, 1.165) is 6.42 Å². The monoisotopic (exact) mass is 445 g/mol. The minimum absolute atomic E-state index is 0.0966. The lowest BCUT2D eigenvalue weighted by molar-refractivity contribution is -0.127. The molecule has 2 aliphatic heterocycles. The van der Waals surface area contributed by atoms with Gasteiger partial charge in [-0.05, 0) is 31.0 Å². The molecule has 2 bridgehead atoms. The molecular weight excluding hydrogens is 418 g/mol. The third-order valence-corrected chi connectivity index (χ3v) is 8.43. The van der Waals surface area contributed by atoms with Gasteiger partial charge in [0.2, 0.25) is 15.9 Å². The molecule has 1 aromatic heterocycles. The first kappa shape index (κ1) is 21.7. The van der Waals surface area contributed by atoms with E-state index >= 15 is 0 Å². The summed E-state index contributed by atoms with van der Waals surface area (Å²) in [4.78, 5) is 25.9. The maximum absolute atomic E-state index is 13.8. The van der Waals surface area contributed by atoms with Crippen molar-refractivity contribution < 1.29 is 18.3 Å². The molecule has 9 heteroatoms. The van der Waals surface area contributed by atoms with Crippen LogP contribution in [0.2, 0.25) is 0 Å². The molecule has 2 N–H and O–H groups in total. The van der Waals surface area contributed by atoms with Crippen LogP contribution in [0.1, 0.15) is 30.6 Å². The van der Waals surface area contributed by atoms with Gasteiger partial charge in [-0.1, -0.05) is 31.2 Å². The second-order valence-corrected chi connectivity index (χ2v) is 9.99. The van der Waals surface area contributed by atoms with E-state index in [1.54, 1.807) is 43.3 Å². The second kappa shape index (κ2) is 8.22. The molecule has 3 heterocycles. The fourth-order valence-electron chi connectivity index (χ4n) is 4.96. The number of benzene rings is 1. The number of sulfonamides is 1. The van der Waals surface area contributed by atoms with Crippen LogP contribution in [0.4, 0.5) is 0 Å².